The van der Waals surface area contributed by atoms with E-state index in [1.807, 2.05) is 18.2 Å². The molecule has 4 heteroatoms. The average Bonchev–Trinajstić information content (AvgIpc) is 2.26. The largest absolute Gasteiger partial charge is 0.493 e. The summed E-state index contributed by atoms with van der Waals surface area (Å²) in [7, 11) is 1.58. The van der Waals surface area contributed by atoms with Crippen molar-refractivity contribution in [2.24, 2.45) is 0 Å². The number of carbonyl (C=O) groups is 1. The Labute approximate surface area is 100 Å². The average molecular weight is 236 g/mol. The van der Waals surface area contributed by atoms with Crippen LogP contribution in [0, 0.1) is 0 Å². The first-order valence-corrected chi connectivity index (χ1v) is 5.69. The molecule has 1 aliphatic carbocycles. The summed E-state index contributed by atoms with van der Waals surface area (Å²) in [6, 6.07) is 7.32. The van der Waals surface area contributed by atoms with E-state index in [2.05, 4.69) is 0 Å². The smallest absolute Gasteiger partial charge is 0.307 e. The van der Waals surface area contributed by atoms with Crippen LogP contribution in [0.4, 0.5) is 0 Å². The second kappa shape index (κ2) is 4.65. The van der Waals surface area contributed by atoms with Crippen molar-refractivity contribution in [2.75, 3.05) is 7.11 Å². The monoisotopic (exact) mass is 236 g/mol. The summed E-state index contributed by atoms with van der Waals surface area (Å²) in [5.74, 6) is 0.444. The third-order valence-electron chi connectivity index (χ3n) is 3.13. The first-order chi connectivity index (χ1) is 8.15. The summed E-state index contributed by atoms with van der Waals surface area (Å²) in [5.41, 5.74) is -0.541. The molecule has 0 aromatic heterocycles. The number of hydrogen-bond donors (Lipinski definition) is 1. The van der Waals surface area contributed by atoms with E-state index in [4.69, 9.17) is 14.6 Å². The number of aliphatic carboxylic acids is 1. The van der Waals surface area contributed by atoms with Gasteiger partial charge in [0.05, 0.1) is 13.5 Å². The molecule has 1 aromatic rings. The van der Waals surface area contributed by atoms with Gasteiger partial charge in [0, 0.05) is 0 Å². The van der Waals surface area contributed by atoms with Crippen molar-refractivity contribution in [1.82, 2.24) is 0 Å². The summed E-state index contributed by atoms with van der Waals surface area (Å²) in [6.45, 7) is 0. The Hall–Kier alpha value is -1.71. The highest BCUT2D eigenvalue weighted by Gasteiger charge is 2.42. The predicted molar refractivity (Wildman–Crippen MR) is 62.5 cm³/mol. The summed E-state index contributed by atoms with van der Waals surface area (Å²) >= 11 is 0. The number of methoxy groups -OCH3 is 1. The molecule has 4 nitrogen and oxygen atoms in total. The van der Waals surface area contributed by atoms with Crippen molar-refractivity contribution in [3.63, 3.8) is 0 Å². The summed E-state index contributed by atoms with van der Waals surface area (Å²) in [5, 5.41) is 8.91. The van der Waals surface area contributed by atoms with Gasteiger partial charge in [-0.1, -0.05) is 12.1 Å². The van der Waals surface area contributed by atoms with Crippen LogP contribution in [0.5, 0.6) is 11.5 Å². The zero-order valence-corrected chi connectivity index (χ0v) is 9.81. The quantitative estimate of drug-likeness (QED) is 0.853. The molecule has 1 aromatic carbocycles. The maximum absolute atomic E-state index is 10.8. The third-order valence-corrected chi connectivity index (χ3v) is 3.13. The van der Waals surface area contributed by atoms with Gasteiger partial charge in [-0.15, -0.1) is 0 Å². The minimum Gasteiger partial charge on any atom is -0.493 e. The van der Waals surface area contributed by atoms with Gasteiger partial charge in [-0.25, -0.2) is 0 Å². The third kappa shape index (κ3) is 2.52. The topological polar surface area (TPSA) is 55.8 Å². The molecule has 1 fully saturated rings. The first kappa shape index (κ1) is 11.8. The van der Waals surface area contributed by atoms with Crippen LogP contribution in [0.15, 0.2) is 24.3 Å². The number of rotatable bonds is 5. The van der Waals surface area contributed by atoms with E-state index < -0.39 is 11.6 Å². The fourth-order valence-corrected chi connectivity index (χ4v) is 2.10. The fraction of sp³-hybridized carbons (Fsp3) is 0.462. The minimum atomic E-state index is -0.820. The molecule has 17 heavy (non-hydrogen) atoms. The minimum absolute atomic E-state index is 0.0467. The SMILES string of the molecule is COc1ccccc1OC1(CC(=O)O)CCC1. The number of carboxylic acids is 1. The van der Waals surface area contributed by atoms with E-state index in [9.17, 15) is 4.79 Å². The van der Waals surface area contributed by atoms with E-state index in [-0.39, 0.29) is 6.42 Å². The zero-order valence-electron chi connectivity index (χ0n) is 9.81. The van der Waals surface area contributed by atoms with E-state index in [0.29, 0.717) is 11.5 Å². The van der Waals surface area contributed by atoms with Crippen molar-refractivity contribution >= 4 is 5.97 Å². The van der Waals surface area contributed by atoms with Gasteiger partial charge in [-0.2, -0.15) is 0 Å². The molecule has 0 unspecified atom stereocenters. The number of ether oxygens (including phenoxy) is 2. The van der Waals surface area contributed by atoms with Gasteiger partial charge in [0.15, 0.2) is 11.5 Å². The van der Waals surface area contributed by atoms with Crippen LogP contribution in [0.25, 0.3) is 0 Å². The van der Waals surface area contributed by atoms with E-state index in [0.717, 1.165) is 19.3 Å². The molecule has 0 radical (unpaired) electrons. The Morgan fingerprint density at radius 2 is 2.00 bits per heavy atom. The van der Waals surface area contributed by atoms with Crippen LogP contribution in [-0.4, -0.2) is 23.8 Å². The van der Waals surface area contributed by atoms with E-state index in [1.165, 1.54) is 0 Å². The maximum atomic E-state index is 10.8. The van der Waals surface area contributed by atoms with Crippen molar-refractivity contribution in [1.29, 1.82) is 0 Å². The summed E-state index contributed by atoms with van der Waals surface area (Å²) < 4.78 is 11.1. The lowest BCUT2D eigenvalue weighted by Gasteiger charge is -2.41. The van der Waals surface area contributed by atoms with E-state index in [1.54, 1.807) is 13.2 Å². The highest BCUT2D eigenvalue weighted by atomic mass is 16.5. The molecule has 0 aliphatic heterocycles. The summed E-state index contributed by atoms with van der Waals surface area (Å²) in [6.07, 6.45) is 2.64. The Kier molecular flexibility index (Phi) is 3.22. The van der Waals surface area contributed by atoms with Gasteiger partial charge in [0.1, 0.15) is 5.60 Å². The number of carboxylic acid groups (broad SMARTS) is 1. The molecule has 1 aliphatic rings. The van der Waals surface area contributed by atoms with Crippen LogP contribution in [0.2, 0.25) is 0 Å². The molecular weight excluding hydrogens is 220 g/mol. The predicted octanol–water partition coefficient (Wildman–Crippen LogP) is 2.47. The zero-order chi connectivity index (χ0) is 12.3. The summed E-state index contributed by atoms with van der Waals surface area (Å²) in [4.78, 5) is 10.8. The molecule has 0 saturated heterocycles. The normalized spacial score (nSPS) is 17.0. The Morgan fingerprint density at radius 3 is 2.47 bits per heavy atom. The lowest BCUT2D eigenvalue weighted by atomic mass is 9.77. The molecule has 0 atom stereocenters. The second-order valence-corrected chi connectivity index (χ2v) is 4.36. The number of benzene rings is 1. The van der Waals surface area contributed by atoms with Crippen molar-refractivity contribution in [2.45, 2.75) is 31.3 Å². The van der Waals surface area contributed by atoms with Gasteiger partial charge < -0.3 is 14.6 Å². The highest BCUT2D eigenvalue weighted by Crippen LogP contribution is 2.41. The van der Waals surface area contributed by atoms with Crippen molar-refractivity contribution in [3.8, 4) is 11.5 Å². The van der Waals surface area contributed by atoms with Crippen LogP contribution in [-0.2, 0) is 4.79 Å². The van der Waals surface area contributed by atoms with Gasteiger partial charge in [0.2, 0.25) is 0 Å². The van der Waals surface area contributed by atoms with Crippen molar-refractivity contribution < 1.29 is 19.4 Å². The highest BCUT2D eigenvalue weighted by molar-refractivity contribution is 5.68. The Balaban J connectivity index is 2.15. The van der Waals surface area contributed by atoms with Gasteiger partial charge in [0.25, 0.3) is 0 Å². The molecular formula is C13H16O4. The molecule has 0 amide bonds. The fourth-order valence-electron chi connectivity index (χ4n) is 2.10. The molecule has 0 spiro atoms. The van der Waals surface area contributed by atoms with Crippen molar-refractivity contribution in [3.05, 3.63) is 24.3 Å². The van der Waals surface area contributed by atoms with Crippen LogP contribution < -0.4 is 9.47 Å². The van der Waals surface area contributed by atoms with Gasteiger partial charge in [-0.05, 0) is 31.4 Å². The molecule has 0 bridgehead atoms. The molecule has 1 N–H and O–H groups in total. The van der Waals surface area contributed by atoms with E-state index >= 15 is 0 Å². The Bertz CT molecular complexity index is 410. The number of hydrogen-bond acceptors (Lipinski definition) is 3. The van der Waals surface area contributed by atoms with Crippen LogP contribution >= 0.6 is 0 Å². The maximum Gasteiger partial charge on any atom is 0.307 e. The standard InChI is InChI=1S/C13H16O4/c1-16-10-5-2-3-6-11(10)17-13(7-4-8-13)9-12(14)15/h2-3,5-6H,4,7-9H2,1H3,(H,14,15). The Morgan fingerprint density at radius 1 is 1.35 bits per heavy atom. The van der Waals surface area contributed by atoms with Gasteiger partial charge >= 0.3 is 5.97 Å². The molecule has 0 heterocycles. The molecule has 2 rings (SSSR count). The first-order valence-electron chi connectivity index (χ1n) is 5.69. The lowest BCUT2D eigenvalue weighted by molar-refractivity contribution is -0.144. The molecule has 92 valence electrons. The van der Waals surface area contributed by atoms with Crippen LogP contribution in [0.1, 0.15) is 25.7 Å². The van der Waals surface area contributed by atoms with Crippen LogP contribution in [0.3, 0.4) is 0 Å². The molecule has 1 saturated carbocycles. The lowest BCUT2D eigenvalue weighted by Crippen LogP contribution is -2.45. The van der Waals surface area contributed by atoms with Gasteiger partial charge in [-0.3, -0.25) is 4.79 Å². The second-order valence-electron chi connectivity index (χ2n) is 4.36. The number of para-hydroxylation sites is 2.